The van der Waals surface area contributed by atoms with Crippen molar-refractivity contribution in [2.75, 3.05) is 18.1 Å². The first kappa shape index (κ1) is 37.7. The molecule has 2 unspecified atom stereocenters. The Kier molecular flexibility index (Phi) is 11.8. The minimum atomic E-state index is -1.61. The Labute approximate surface area is 306 Å². The van der Waals surface area contributed by atoms with Crippen LogP contribution in [-0.4, -0.2) is 80.9 Å². The van der Waals surface area contributed by atoms with Crippen LogP contribution in [0.3, 0.4) is 0 Å². The van der Waals surface area contributed by atoms with Crippen molar-refractivity contribution in [2.24, 2.45) is 0 Å². The summed E-state index contributed by atoms with van der Waals surface area (Å²) in [7, 11) is 0. The second kappa shape index (κ2) is 16.2. The van der Waals surface area contributed by atoms with Gasteiger partial charge in [-0.3, -0.25) is 24.2 Å². The Morgan fingerprint density at radius 2 is 1.69 bits per heavy atom. The molecule has 0 saturated carbocycles. The summed E-state index contributed by atoms with van der Waals surface area (Å²) in [5.74, 6) is -4.67. The molecule has 3 heterocycles. The zero-order valence-corrected chi connectivity index (χ0v) is 29.9. The van der Waals surface area contributed by atoms with E-state index >= 15 is 0 Å². The number of esters is 1. The zero-order chi connectivity index (χ0) is 37.6. The first-order valence-corrected chi connectivity index (χ1v) is 17.7. The van der Waals surface area contributed by atoms with Crippen LogP contribution in [0.15, 0.2) is 90.0 Å². The summed E-state index contributed by atoms with van der Waals surface area (Å²) in [5, 5.41) is 5.42. The van der Waals surface area contributed by atoms with Crippen LogP contribution in [0.1, 0.15) is 48.5 Å². The summed E-state index contributed by atoms with van der Waals surface area (Å²) in [5.41, 5.74) is 5.97. The van der Waals surface area contributed by atoms with Crippen LogP contribution >= 0.6 is 23.1 Å². The van der Waals surface area contributed by atoms with E-state index in [1.807, 2.05) is 12.1 Å². The number of anilines is 1. The zero-order valence-electron chi connectivity index (χ0n) is 28.2. The lowest BCUT2D eigenvalue weighted by atomic mass is 10.0. The number of rotatable bonds is 13. The topological polar surface area (TPSA) is 206 Å². The van der Waals surface area contributed by atoms with E-state index in [4.69, 9.17) is 25.0 Å². The molecule has 2 aromatic carbocycles. The standard InChI is InChI=1S/C35H35N5O10S2/c1-5-19-17-51-30-24(39-28(42)26(41)23-18-52-33(36)37-23)29(43)40(30)25(19)32(45)47-16-22(38-34(46)48-35(2,3)4)31(44)50-49-27(20-12-8-6-9-13-20)21-14-10-7-11-15-21/h5-15,18,22,24,27,30H,1,16-17H2,2-4H3,(H2,36,37)(H,38,46)(H,39,42)/t22?,24?,30-/m0/s1. The number of nitrogens with zero attached hydrogens (tertiary/aromatic N) is 2. The van der Waals surface area contributed by atoms with Crippen molar-refractivity contribution in [3.05, 3.63) is 107 Å². The van der Waals surface area contributed by atoms with Gasteiger partial charge in [-0.15, -0.1) is 23.1 Å². The monoisotopic (exact) mass is 749 g/mol. The van der Waals surface area contributed by atoms with Gasteiger partial charge in [-0.05, 0) is 37.5 Å². The number of aromatic nitrogens is 1. The second-order valence-electron chi connectivity index (χ2n) is 12.3. The average molecular weight is 750 g/mol. The molecule has 3 atom stereocenters. The molecule has 1 saturated heterocycles. The highest BCUT2D eigenvalue weighted by Gasteiger charge is 2.54. The van der Waals surface area contributed by atoms with Crippen LogP contribution in [0.25, 0.3) is 0 Å². The van der Waals surface area contributed by atoms with Gasteiger partial charge >= 0.3 is 18.0 Å². The van der Waals surface area contributed by atoms with E-state index in [0.29, 0.717) is 16.7 Å². The van der Waals surface area contributed by atoms with Gasteiger partial charge in [0.25, 0.3) is 17.6 Å². The van der Waals surface area contributed by atoms with Crippen LogP contribution in [-0.2, 0) is 38.4 Å². The number of carbonyl (C=O) groups excluding carboxylic acids is 6. The molecule has 0 bridgehead atoms. The SMILES string of the molecule is C=CC1=C(C(=O)OCC(NC(=O)OC(C)(C)C)C(=O)OOC(c2ccccc2)c2ccccc2)N2C(=O)C(NC(=O)C(=O)c3csc(N)n3)[C@@H]2SC1. The van der Waals surface area contributed by atoms with E-state index < -0.39 is 71.4 Å². The molecule has 272 valence electrons. The average Bonchev–Trinajstić information content (AvgIpc) is 3.57. The van der Waals surface area contributed by atoms with E-state index in [1.54, 1.807) is 69.3 Å². The lowest BCUT2D eigenvalue weighted by Crippen LogP contribution is -2.71. The van der Waals surface area contributed by atoms with Crippen LogP contribution in [0, 0.1) is 0 Å². The molecule has 5 rings (SSSR count). The normalized spacial score (nSPS) is 17.3. The molecule has 0 aliphatic carbocycles. The fourth-order valence-electron chi connectivity index (χ4n) is 5.06. The third-order valence-corrected chi connectivity index (χ3v) is 9.45. The highest BCUT2D eigenvalue weighted by Crippen LogP contribution is 2.41. The first-order chi connectivity index (χ1) is 24.8. The van der Waals surface area contributed by atoms with Crippen LogP contribution in [0.4, 0.5) is 9.93 Å². The Bertz CT molecular complexity index is 1850. The van der Waals surface area contributed by atoms with E-state index in [-0.39, 0.29) is 22.3 Å². The van der Waals surface area contributed by atoms with Gasteiger partial charge in [0.05, 0.1) is 0 Å². The quantitative estimate of drug-likeness (QED) is 0.0573. The van der Waals surface area contributed by atoms with Crippen molar-refractivity contribution < 1.29 is 48.0 Å². The summed E-state index contributed by atoms with van der Waals surface area (Å²) in [6.45, 7) is 7.85. The summed E-state index contributed by atoms with van der Waals surface area (Å²) >= 11 is 2.21. The number of ether oxygens (including phenoxy) is 2. The first-order valence-electron chi connectivity index (χ1n) is 15.8. The molecule has 17 heteroatoms. The van der Waals surface area contributed by atoms with Crippen molar-refractivity contribution in [1.82, 2.24) is 20.5 Å². The number of fused-ring (bicyclic) bond motifs is 1. The molecule has 1 fully saturated rings. The number of amides is 3. The van der Waals surface area contributed by atoms with E-state index in [9.17, 15) is 28.8 Å². The van der Waals surface area contributed by atoms with Gasteiger partial charge in [0, 0.05) is 11.1 Å². The van der Waals surface area contributed by atoms with Gasteiger partial charge in [0.1, 0.15) is 35.0 Å². The van der Waals surface area contributed by atoms with E-state index in [0.717, 1.165) is 16.2 Å². The minimum absolute atomic E-state index is 0.100. The summed E-state index contributed by atoms with van der Waals surface area (Å²) in [4.78, 5) is 94.0. The summed E-state index contributed by atoms with van der Waals surface area (Å²) in [6, 6.07) is 15.2. The molecular formula is C35H35N5O10S2. The van der Waals surface area contributed by atoms with Gasteiger partial charge in [0.2, 0.25) is 0 Å². The molecule has 1 aromatic heterocycles. The highest BCUT2D eigenvalue weighted by atomic mass is 32.2. The molecule has 2 aliphatic heterocycles. The molecule has 2 aliphatic rings. The van der Waals surface area contributed by atoms with Crippen LogP contribution in [0.5, 0.6) is 0 Å². The molecule has 3 aromatic rings. The predicted octanol–water partition coefficient (Wildman–Crippen LogP) is 3.45. The maximum atomic E-state index is 13.6. The number of thioether (sulfide) groups is 1. The number of hydrogen-bond acceptors (Lipinski definition) is 14. The number of nitrogen functional groups attached to an aromatic ring is 1. The van der Waals surface area contributed by atoms with Gasteiger partial charge < -0.3 is 25.8 Å². The van der Waals surface area contributed by atoms with Gasteiger partial charge in [-0.2, -0.15) is 4.89 Å². The smallest absolute Gasteiger partial charge is 0.408 e. The summed E-state index contributed by atoms with van der Waals surface area (Å²) in [6.07, 6.45) is -0.463. The van der Waals surface area contributed by atoms with Gasteiger partial charge in [-0.1, -0.05) is 73.3 Å². The molecule has 4 N–H and O–H groups in total. The lowest BCUT2D eigenvalue weighted by molar-refractivity contribution is -0.294. The third-order valence-electron chi connectivity index (χ3n) is 7.47. The van der Waals surface area contributed by atoms with Crippen molar-refractivity contribution in [1.29, 1.82) is 0 Å². The van der Waals surface area contributed by atoms with Crippen molar-refractivity contribution in [3.63, 3.8) is 0 Å². The van der Waals surface area contributed by atoms with Crippen molar-refractivity contribution in [2.45, 2.75) is 49.9 Å². The van der Waals surface area contributed by atoms with Gasteiger partial charge in [0.15, 0.2) is 17.3 Å². The fourth-order valence-corrected chi connectivity index (χ4v) is 6.95. The number of benzene rings is 2. The molecular weight excluding hydrogens is 715 g/mol. The Balaban J connectivity index is 1.29. The number of ketones is 1. The van der Waals surface area contributed by atoms with Crippen molar-refractivity contribution >= 4 is 63.9 Å². The number of thiazole rings is 1. The number of Topliss-reactive ketones (excluding diaryl/α,β-unsaturated/α-hetero) is 1. The number of hydrogen-bond donors (Lipinski definition) is 3. The molecule has 15 nitrogen and oxygen atoms in total. The molecule has 52 heavy (non-hydrogen) atoms. The number of nitrogens with one attached hydrogen (secondary N) is 2. The van der Waals surface area contributed by atoms with Gasteiger partial charge in [-0.25, -0.2) is 19.4 Å². The number of nitrogens with two attached hydrogens (primary N) is 1. The third kappa shape index (κ3) is 8.85. The maximum absolute atomic E-state index is 13.6. The minimum Gasteiger partial charge on any atom is -0.458 e. The second-order valence-corrected chi connectivity index (χ2v) is 14.3. The number of carbonyl (C=O) groups is 6. The molecule has 0 spiro atoms. The number of β-lactam (4-membered cyclic amide) rings is 1. The molecule has 0 radical (unpaired) electrons. The van der Waals surface area contributed by atoms with Crippen LogP contribution < -0.4 is 16.4 Å². The largest absolute Gasteiger partial charge is 0.458 e. The maximum Gasteiger partial charge on any atom is 0.408 e. The lowest BCUT2D eigenvalue weighted by Gasteiger charge is -2.49. The highest BCUT2D eigenvalue weighted by molar-refractivity contribution is 8.00. The van der Waals surface area contributed by atoms with E-state index in [1.165, 1.54) is 23.2 Å². The van der Waals surface area contributed by atoms with E-state index in [2.05, 4.69) is 22.2 Å². The fraction of sp³-hybridized carbons (Fsp3) is 0.286. The Hall–Kier alpha value is -5.52. The number of alkyl carbamates (subject to hydrolysis) is 1. The van der Waals surface area contributed by atoms with Crippen LogP contribution in [0.2, 0.25) is 0 Å². The number of allylic oxidation sites excluding steroid dienone is 1. The Morgan fingerprint density at radius 3 is 2.25 bits per heavy atom. The Morgan fingerprint density at radius 1 is 1.06 bits per heavy atom. The summed E-state index contributed by atoms with van der Waals surface area (Å²) < 4.78 is 10.8. The molecule has 3 amide bonds. The predicted molar refractivity (Wildman–Crippen MR) is 189 cm³/mol. The van der Waals surface area contributed by atoms with Crippen molar-refractivity contribution in [3.8, 4) is 0 Å².